The summed E-state index contributed by atoms with van der Waals surface area (Å²) < 4.78 is 17.1. The van der Waals surface area contributed by atoms with E-state index in [1.807, 2.05) is 12.1 Å². The summed E-state index contributed by atoms with van der Waals surface area (Å²) in [6.45, 7) is 4.66. The van der Waals surface area contributed by atoms with E-state index in [9.17, 15) is 9.59 Å². The van der Waals surface area contributed by atoms with E-state index in [-0.39, 0.29) is 36.1 Å². The second kappa shape index (κ2) is 10.7. The van der Waals surface area contributed by atoms with Gasteiger partial charge in [-0.15, -0.1) is 0 Å². The molecule has 1 aromatic heterocycles. The fraction of sp³-hybridized carbons (Fsp3) is 0.200. The monoisotopic (exact) mass is 454 g/mol. The third-order valence-corrected chi connectivity index (χ3v) is 5.26. The van der Waals surface area contributed by atoms with E-state index in [0.29, 0.717) is 23.7 Å². The van der Waals surface area contributed by atoms with Gasteiger partial charge in [-0.3, -0.25) is 9.53 Å². The predicted molar refractivity (Wildman–Crippen MR) is 120 cm³/mol. The fourth-order valence-corrected chi connectivity index (χ4v) is 3.74. The van der Waals surface area contributed by atoms with Gasteiger partial charge in [0.2, 0.25) is 0 Å². The Balaban J connectivity index is 0.00000306. The van der Waals surface area contributed by atoms with Crippen molar-refractivity contribution in [3.8, 4) is 22.6 Å². The smallest absolute Gasteiger partial charge is 0.496 e. The number of ether oxygens (including phenoxy) is 2. The molecule has 0 aliphatic heterocycles. The van der Waals surface area contributed by atoms with Crippen LogP contribution in [0.2, 0.25) is 0 Å². The summed E-state index contributed by atoms with van der Waals surface area (Å²) >= 11 is 0. The largest absolute Gasteiger partial charge is 1.00 e. The van der Waals surface area contributed by atoms with E-state index in [1.54, 1.807) is 18.2 Å². The number of aryl methyl sites for hydroxylation is 2. The minimum Gasteiger partial charge on any atom is -0.496 e. The molecular weight excluding hydrogens is 431 g/mol. The zero-order valence-electron chi connectivity index (χ0n) is 19.1. The molecule has 0 atom stereocenters. The molecule has 0 N–H and O–H groups in total. The molecule has 0 radical (unpaired) electrons. The van der Waals surface area contributed by atoms with Gasteiger partial charge in [0.15, 0.2) is 5.69 Å². The van der Waals surface area contributed by atoms with Crippen molar-refractivity contribution < 1.29 is 43.6 Å². The maximum atomic E-state index is 11.6. The van der Waals surface area contributed by atoms with Gasteiger partial charge >= 0.3 is 35.3 Å². The standard InChI is InChI=1S/C25H24N2O5.Na/c1-16-6-4-7-17(2)23(16)19-9-5-8-18(12-19)15-31-21-11-10-20(22(13-21)30-3)14-27-24(28)26-25(29)32-27;/h4-13H,14-15H2,1-3H3,(H,26,28,29);/q;+1/p-1. The van der Waals surface area contributed by atoms with Gasteiger partial charge in [0.25, 0.3) is 0 Å². The normalized spacial score (nSPS) is 10.5. The van der Waals surface area contributed by atoms with Crippen LogP contribution in [0, 0.1) is 13.8 Å². The number of methoxy groups -OCH3 is 1. The zero-order valence-corrected chi connectivity index (χ0v) is 21.1. The summed E-state index contributed by atoms with van der Waals surface area (Å²) in [5.41, 5.74) is 5.84. The van der Waals surface area contributed by atoms with Crippen LogP contribution in [0.3, 0.4) is 0 Å². The molecule has 4 rings (SSSR count). The van der Waals surface area contributed by atoms with Crippen molar-refractivity contribution in [3.63, 3.8) is 0 Å². The molecule has 0 aliphatic carbocycles. The van der Waals surface area contributed by atoms with Crippen LogP contribution < -0.4 is 55.5 Å². The van der Waals surface area contributed by atoms with Crippen molar-refractivity contribution >= 4 is 0 Å². The van der Waals surface area contributed by atoms with Gasteiger partial charge in [0.05, 0.1) is 7.11 Å². The minimum atomic E-state index is -0.919. The molecule has 3 aromatic carbocycles. The summed E-state index contributed by atoms with van der Waals surface area (Å²) in [4.78, 5) is 26.0. The second-order valence-corrected chi connectivity index (χ2v) is 7.52. The summed E-state index contributed by atoms with van der Waals surface area (Å²) in [5, 5.41) is 0. The van der Waals surface area contributed by atoms with Crippen molar-refractivity contribution in [1.29, 1.82) is 0 Å². The first-order valence-electron chi connectivity index (χ1n) is 10.1. The van der Waals surface area contributed by atoms with Crippen LogP contribution in [0.4, 0.5) is 0 Å². The quantitative estimate of drug-likeness (QED) is 0.382. The molecular formula is C25H23N2NaO5. The van der Waals surface area contributed by atoms with Crippen LogP contribution in [0.15, 0.2) is 74.8 Å². The van der Waals surface area contributed by atoms with Crippen molar-refractivity contribution in [2.75, 3.05) is 7.11 Å². The molecule has 0 saturated carbocycles. The molecule has 33 heavy (non-hydrogen) atoms. The molecule has 4 aromatic rings. The Hall–Kier alpha value is -3.00. The maximum Gasteiger partial charge on any atom is 1.00 e. The Kier molecular flexibility index (Phi) is 8.02. The molecule has 0 amide bonds. The van der Waals surface area contributed by atoms with Gasteiger partial charge in [-0.2, -0.15) is 0 Å². The van der Waals surface area contributed by atoms with E-state index in [2.05, 4.69) is 49.2 Å². The Morgan fingerprint density at radius 3 is 2.36 bits per heavy atom. The molecule has 0 unspecified atom stereocenters. The molecule has 0 bridgehead atoms. The third kappa shape index (κ3) is 5.68. The third-order valence-electron chi connectivity index (χ3n) is 5.26. The minimum absolute atomic E-state index is 0. The first-order chi connectivity index (χ1) is 15.4. The second-order valence-electron chi connectivity index (χ2n) is 7.52. The topological polar surface area (TPSA) is 84.8 Å². The van der Waals surface area contributed by atoms with Crippen molar-refractivity contribution in [1.82, 2.24) is 9.72 Å². The van der Waals surface area contributed by atoms with E-state index in [1.165, 1.54) is 23.8 Å². The Morgan fingerprint density at radius 2 is 1.70 bits per heavy atom. The number of benzene rings is 3. The molecule has 0 saturated heterocycles. The van der Waals surface area contributed by atoms with Crippen LogP contribution in [-0.2, 0) is 13.2 Å². The van der Waals surface area contributed by atoms with Crippen LogP contribution in [0.25, 0.3) is 11.1 Å². The molecule has 1 heterocycles. The van der Waals surface area contributed by atoms with E-state index in [4.69, 9.17) is 14.0 Å². The summed E-state index contributed by atoms with van der Waals surface area (Å²) in [6, 6.07) is 19.9. The fourth-order valence-electron chi connectivity index (χ4n) is 3.74. The number of hydrogen-bond acceptors (Lipinski definition) is 5. The summed E-state index contributed by atoms with van der Waals surface area (Å²) in [6.07, 6.45) is 0. The van der Waals surface area contributed by atoms with Crippen LogP contribution in [0.1, 0.15) is 22.3 Å². The van der Waals surface area contributed by atoms with Crippen molar-refractivity contribution in [2.45, 2.75) is 27.0 Å². The molecule has 0 aliphatic rings. The average molecular weight is 454 g/mol. The van der Waals surface area contributed by atoms with Crippen LogP contribution in [-0.4, -0.2) is 11.8 Å². The molecule has 0 fully saturated rings. The maximum absolute atomic E-state index is 11.6. The number of rotatable bonds is 7. The number of nitrogens with zero attached hydrogens (tertiary/aromatic N) is 2. The van der Waals surface area contributed by atoms with Gasteiger partial charge in [-0.25, -0.2) is 4.79 Å². The molecule has 0 spiro atoms. The van der Waals surface area contributed by atoms with E-state index in [0.717, 1.165) is 15.9 Å². The van der Waals surface area contributed by atoms with Gasteiger partial charge in [-0.05, 0) is 59.4 Å². The first kappa shape index (κ1) is 24.6. The van der Waals surface area contributed by atoms with E-state index < -0.39 is 11.4 Å². The molecule has 8 heteroatoms. The molecule has 164 valence electrons. The zero-order chi connectivity index (χ0) is 22.7. The summed E-state index contributed by atoms with van der Waals surface area (Å²) in [7, 11) is 1.53. The van der Waals surface area contributed by atoms with Crippen molar-refractivity contribution in [3.05, 3.63) is 104 Å². The number of aromatic nitrogens is 2. The van der Waals surface area contributed by atoms with Gasteiger partial charge in [-0.1, -0.05) is 42.5 Å². The van der Waals surface area contributed by atoms with Crippen LogP contribution in [0.5, 0.6) is 11.5 Å². The Morgan fingerprint density at radius 1 is 0.970 bits per heavy atom. The van der Waals surface area contributed by atoms with Crippen molar-refractivity contribution in [2.24, 2.45) is 0 Å². The first-order valence-corrected chi connectivity index (χ1v) is 10.1. The Bertz CT molecular complexity index is 1350. The number of hydrogen-bond donors (Lipinski definition) is 0. The average Bonchev–Trinajstić information content (AvgIpc) is 3.09. The summed E-state index contributed by atoms with van der Waals surface area (Å²) in [5.74, 6) is 0.220. The van der Waals surface area contributed by atoms with Gasteiger partial charge in [0.1, 0.15) is 18.1 Å². The Labute approximate surface area is 213 Å². The van der Waals surface area contributed by atoms with Crippen LogP contribution >= 0.6 is 0 Å². The SMILES string of the molecule is COc1cc(OCc2cccc(-c3c(C)cccc3C)c2)ccc1Cn1oc(=O)[n-]c1=O.[Na+]. The predicted octanol–water partition coefficient (Wildman–Crippen LogP) is 0.682. The molecule has 7 nitrogen and oxygen atoms in total. The van der Waals surface area contributed by atoms with Gasteiger partial charge < -0.3 is 19.0 Å². The van der Waals surface area contributed by atoms with E-state index >= 15 is 0 Å². The van der Waals surface area contributed by atoms with Gasteiger partial charge in [0, 0.05) is 12.6 Å².